The number of fused-ring (bicyclic) bond motifs is 1. The van der Waals surface area contributed by atoms with Crippen molar-refractivity contribution in [1.29, 1.82) is 0 Å². The molecule has 5 nitrogen and oxygen atoms in total. The Bertz CT molecular complexity index is 798. The molecule has 3 rings (SSSR count). The summed E-state index contributed by atoms with van der Waals surface area (Å²) in [6.07, 6.45) is 0. The van der Waals surface area contributed by atoms with Gasteiger partial charge in [0.25, 0.3) is 0 Å². The number of anilines is 1. The van der Waals surface area contributed by atoms with Crippen LogP contribution in [0.1, 0.15) is 12.5 Å². The Hall–Kier alpha value is -1.95. The van der Waals surface area contributed by atoms with E-state index in [0.717, 1.165) is 17.1 Å². The van der Waals surface area contributed by atoms with Gasteiger partial charge in [-0.15, -0.1) is 0 Å². The SMILES string of the molecule is C[C@@H](C(=O)Nc1cc(Cl)ccc1Cl)N(C)Cc1ccc2c(c1)OCO2. The Morgan fingerprint density at radius 1 is 1.20 bits per heavy atom. The van der Waals surface area contributed by atoms with Gasteiger partial charge in [0, 0.05) is 11.6 Å². The lowest BCUT2D eigenvalue weighted by atomic mass is 10.1. The second-order valence-electron chi connectivity index (χ2n) is 5.89. The Balaban J connectivity index is 1.64. The van der Waals surface area contributed by atoms with E-state index >= 15 is 0 Å². The van der Waals surface area contributed by atoms with Crippen LogP contribution >= 0.6 is 23.2 Å². The predicted octanol–water partition coefficient (Wildman–Crippen LogP) is 4.18. The first-order valence-corrected chi connectivity index (χ1v) is 8.54. The van der Waals surface area contributed by atoms with Crippen molar-refractivity contribution in [3.05, 3.63) is 52.0 Å². The molecule has 1 atom stereocenters. The summed E-state index contributed by atoms with van der Waals surface area (Å²) in [7, 11) is 1.88. The Morgan fingerprint density at radius 2 is 1.96 bits per heavy atom. The highest BCUT2D eigenvalue weighted by Crippen LogP contribution is 2.33. The lowest BCUT2D eigenvalue weighted by Crippen LogP contribution is -2.39. The molecule has 0 spiro atoms. The number of nitrogens with one attached hydrogen (secondary N) is 1. The molecule has 0 unspecified atom stereocenters. The Labute approximate surface area is 156 Å². The van der Waals surface area contributed by atoms with Crippen LogP contribution in [-0.4, -0.2) is 30.7 Å². The van der Waals surface area contributed by atoms with Gasteiger partial charge in [0.05, 0.1) is 16.8 Å². The second kappa shape index (κ2) is 7.52. The van der Waals surface area contributed by atoms with Gasteiger partial charge in [-0.3, -0.25) is 9.69 Å². The molecule has 0 aromatic heterocycles. The van der Waals surface area contributed by atoms with Crippen LogP contribution in [0.25, 0.3) is 0 Å². The zero-order valence-electron chi connectivity index (χ0n) is 13.9. The van der Waals surface area contributed by atoms with E-state index in [1.54, 1.807) is 18.2 Å². The standard InChI is InChI=1S/C18H18Cl2N2O3/c1-11(18(23)21-15-8-13(19)4-5-14(15)20)22(2)9-12-3-6-16-17(7-12)25-10-24-16/h3-8,11H,9-10H2,1-2H3,(H,21,23)/t11-/m0/s1. The smallest absolute Gasteiger partial charge is 0.241 e. The highest BCUT2D eigenvalue weighted by Gasteiger charge is 2.20. The minimum atomic E-state index is -0.361. The van der Waals surface area contributed by atoms with E-state index in [2.05, 4.69) is 5.32 Å². The fourth-order valence-corrected chi connectivity index (χ4v) is 2.83. The molecule has 2 aromatic rings. The molecule has 0 bridgehead atoms. The zero-order chi connectivity index (χ0) is 18.0. The van der Waals surface area contributed by atoms with Crippen molar-refractivity contribution < 1.29 is 14.3 Å². The predicted molar refractivity (Wildman–Crippen MR) is 98.6 cm³/mol. The maximum absolute atomic E-state index is 12.5. The minimum Gasteiger partial charge on any atom is -0.454 e. The molecule has 1 heterocycles. The van der Waals surface area contributed by atoms with Crippen molar-refractivity contribution in [2.45, 2.75) is 19.5 Å². The highest BCUT2D eigenvalue weighted by atomic mass is 35.5. The summed E-state index contributed by atoms with van der Waals surface area (Å²) in [4.78, 5) is 14.4. The number of benzene rings is 2. The third-order valence-corrected chi connectivity index (χ3v) is 4.66. The van der Waals surface area contributed by atoms with Crippen molar-refractivity contribution in [1.82, 2.24) is 4.90 Å². The van der Waals surface area contributed by atoms with E-state index in [0.29, 0.717) is 22.3 Å². The molecule has 7 heteroatoms. The Morgan fingerprint density at radius 3 is 2.76 bits per heavy atom. The number of carbonyl (C=O) groups excluding carboxylic acids is 1. The summed E-state index contributed by atoms with van der Waals surface area (Å²) in [5, 5.41) is 3.78. The van der Waals surface area contributed by atoms with Gasteiger partial charge in [-0.25, -0.2) is 0 Å². The van der Waals surface area contributed by atoms with Gasteiger partial charge in [-0.05, 0) is 49.9 Å². The topological polar surface area (TPSA) is 50.8 Å². The quantitative estimate of drug-likeness (QED) is 0.844. The third kappa shape index (κ3) is 4.18. The van der Waals surface area contributed by atoms with E-state index in [1.807, 2.05) is 37.1 Å². The molecule has 1 amide bonds. The summed E-state index contributed by atoms with van der Waals surface area (Å²) in [6.45, 7) is 2.67. The van der Waals surface area contributed by atoms with Gasteiger partial charge in [0.1, 0.15) is 0 Å². The number of hydrogen-bond donors (Lipinski definition) is 1. The van der Waals surface area contributed by atoms with E-state index in [9.17, 15) is 4.79 Å². The summed E-state index contributed by atoms with van der Waals surface area (Å²) in [5.74, 6) is 1.31. The molecule has 1 aliphatic heterocycles. The zero-order valence-corrected chi connectivity index (χ0v) is 15.4. The lowest BCUT2D eigenvalue weighted by Gasteiger charge is -2.24. The Kier molecular flexibility index (Phi) is 5.37. The van der Waals surface area contributed by atoms with Crippen LogP contribution in [0.2, 0.25) is 10.0 Å². The van der Waals surface area contributed by atoms with Crippen LogP contribution in [0.3, 0.4) is 0 Å². The van der Waals surface area contributed by atoms with E-state index in [-0.39, 0.29) is 18.7 Å². The highest BCUT2D eigenvalue weighted by molar-refractivity contribution is 6.35. The number of carbonyl (C=O) groups is 1. The lowest BCUT2D eigenvalue weighted by molar-refractivity contribution is -0.120. The van der Waals surface area contributed by atoms with Gasteiger partial charge >= 0.3 is 0 Å². The third-order valence-electron chi connectivity index (χ3n) is 4.10. The van der Waals surface area contributed by atoms with Crippen LogP contribution < -0.4 is 14.8 Å². The molecule has 0 radical (unpaired) electrons. The van der Waals surface area contributed by atoms with Gasteiger partial charge in [-0.1, -0.05) is 29.3 Å². The molecule has 1 aliphatic rings. The molecule has 25 heavy (non-hydrogen) atoms. The van der Waals surface area contributed by atoms with E-state index in [1.165, 1.54) is 0 Å². The molecule has 0 saturated heterocycles. The monoisotopic (exact) mass is 380 g/mol. The second-order valence-corrected chi connectivity index (χ2v) is 6.74. The number of amides is 1. The first kappa shape index (κ1) is 17.9. The maximum atomic E-state index is 12.5. The fraction of sp³-hybridized carbons (Fsp3) is 0.278. The number of nitrogens with zero attached hydrogens (tertiary/aromatic N) is 1. The van der Waals surface area contributed by atoms with Crippen molar-refractivity contribution in [2.24, 2.45) is 0 Å². The number of halogens is 2. The molecule has 1 N–H and O–H groups in total. The van der Waals surface area contributed by atoms with Crippen molar-refractivity contribution >= 4 is 34.8 Å². The molecule has 0 saturated carbocycles. The number of ether oxygens (including phenoxy) is 2. The number of rotatable bonds is 5. The molecular formula is C18H18Cl2N2O3. The van der Waals surface area contributed by atoms with Gasteiger partial charge in [0.15, 0.2) is 11.5 Å². The normalized spacial score (nSPS) is 13.8. The van der Waals surface area contributed by atoms with Crippen LogP contribution in [0.4, 0.5) is 5.69 Å². The van der Waals surface area contributed by atoms with Gasteiger partial charge < -0.3 is 14.8 Å². The molecule has 2 aromatic carbocycles. The van der Waals surface area contributed by atoms with Crippen molar-refractivity contribution in [3.63, 3.8) is 0 Å². The van der Waals surface area contributed by atoms with E-state index in [4.69, 9.17) is 32.7 Å². The van der Waals surface area contributed by atoms with Gasteiger partial charge in [0.2, 0.25) is 12.7 Å². The largest absolute Gasteiger partial charge is 0.454 e. The first-order valence-electron chi connectivity index (χ1n) is 7.78. The summed E-state index contributed by atoms with van der Waals surface area (Å²) in [5.41, 5.74) is 1.54. The minimum absolute atomic E-state index is 0.160. The van der Waals surface area contributed by atoms with Crippen LogP contribution in [-0.2, 0) is 11.3 Å². The number of likely N-dealkylation sites (N-methyl/N-ethyl adjacent to an activating group) is 1. The summed E-state index contributed by atoms with van der Waals surface area (Å²) < 4.78 is 10.7. The summed E-state index contributed by atoms with van der Waals surface area (Å²) >= 11 is 12.0. The molecule has 132 valence electrons. The van der Waals surface area contributed by atoms with Crippen molar-refractivity contribution in [3.8, 4) is 11.5 Å². The molecule has 0 fully saturated rings. The maximum Gasteiger partial charge on any atom is 0.241 e. The first-order chi connectivity index (χ1) is 11.9. The molecular weight excluding hydrogens is 363 g/mol. The van der Waals surface area contributed by atoms with Crippen LogP contribution in [0.15, 0.2) is 36.4 Å². The van der Waals surface area contributed by atoms with Crippen molar-refractivity contribution in [2.75, 3.05) is 19.2 Å². The molecule has 0 aliphatic carbocycles. The van der Waals surface area contributed by atoms with Gasteiger partial charge in [-0.2, -0.15) is 0 Å². The van der Waals surface area contributed by atoms with E-state index < -0.39 is 0 Å². The number of hydrogen-bond acceptors (Lipinski definition) is 4. The fourth-order valence-electron chi connectivity index (χ4n) is 2.49. The summed E-state index contributed by atoms with van der Waals surface area (Å²) in [6, 6.07) is 10.4. The average Bonchev–Trinajstić information content (AvgIpc) is 3.05. The van der Waals surface area contributed by atoms with Crippen LogP contribution in [0, 0.1) is 0 Å². The average molecular weight is 381 g/mol. The van der Waals surface area contributed by atoms with Crippen LogP contribution in [0.5, 0.6) is 11.5 Å².